The molecular formula is C16H13N5S. The molecule has 5 nitrogen and oxygen atoms in total. The van der Waals surface area contributed by atoms with Crippen LogP contribution >= 0.6 is 11.3 Å². The Morgan fingerprint density at radius 2 is 2.05 bits per heavy atom. The van der Waals surface area contributed by atoms with E-state index in [0.717, 1.165) is 33.7 Å². The van der Waals surface area contributed by atoms with Gasteiger partial charge in [0, 0.05) is 24.2 Å². The van der Waals surface area contributed by atoms with Crippen LogP contribution in [-0.4, -0.2) is 27.2 Å². The minimum atomic E-state index is 0.835. The Labute approximate surface area is 131 Å². The van der Waals surface area contributed by atoms with E-state index in [2.05, 4.69) is 32.0 Å². The minimum absolute atomic E-state index is 0.835. The van der Waals surface area contributed by atoms with E-state index in [-0.39, 0.29) is 0 Å². The molecule has 6 heteroatoms. The molecule has 0 amide bonds. The number of hydrogen-bond donors (Lipinski definition) is 1. The molecule has 0 fully saturated rings. The summed E-state index contributed by atoms with van der Waals surface area (Å²) in [5, 5.41) is 10.9. The van der Waals surface area contributed by atoms with Gasteiger partial charge in [0.1, 0.15) is 0 Å². The van der Waals surface area contributed by atoms with Crippen molar-refractivity contribution in [2.24, 2.45) is 0 Å². The van der Waals surface area contributed by atoms with Crippen molar-refractivity contribution < 1.29 is 0 Å². The van der Waals surface area contributed by atoms with Crippen molar-refractivity contribution >= 4 is 33.9 Å². The van der Waals surface area contributed by atoms with Crippen LogP contribution < -0.4 is 4.90 Å². The Balaban J connectivity index is 1.74. The lowest BCUT2D eigenvalue weighted by Gasteiger charge is -2.16. The Morgan fingerprint density at radius 3 is 2.82 bits per heavy atom. The van der Waals surface area contributed by atoms with E-state index in [0.29, 0.717) is 0 Å². The topological polar surface area (TPSA) is 57.7 Å². The highest BCUT2D eigenvalue weighted by molar-refractivity contribution is 7.08. The third-order valence-electron chi connectivity index (χ3n) is 3.60. The van der Waals surface area contributed by atoms with Gasteiger partial charge in [-0.25, -0.2) is 4.98 Å². The zero-order valence-corrected chi connectivity index (χ0v) is 12.7. The van der Waals surface area contributed by atoms with Crippen LogP contribution in [-0.2, 0) is 0 Å². The molecule has 22 heavy (non-hydrogen) atoms. The summed E-state index contributed by atoms with van der Waals surface area (Å²) >= 11 is 1.67. The van der Waals surface area contributed by atoms with Gasteiger partial charge in [0.15, 0.2) is 5.82 Å². The molecule has 3 aromatic heterocycles. The largest absolute Gasteiger partial charge is 0.327 e. The van der Waals surface area contributed by atoms with Gasteiger partial charge < -0.3 is 4.90 Å². The summed E-state index contributed by atoms with van der Waals surface area (Å²) in [6.07, 6.45) is 5.47. The number of anilines is 2. The van der Waals surface area contributed by atoms with Gasteiger partial charge in [-0.15, -0.1) is 0 Å². The van der Waals surface area contributed by atoms with Crippen molar-refractivity contribution in [1.29, 1.82) is 0 Å². The third-order valence-corrected chi connectivity index (χ3v) is 4.27. The molecule has 0 atom stereocenters. The lowest BCUT2D eigenvalue weighted by molar-refractivity contribution is 1.09. The Hall–Kier alpha value is -2.73. The number of nitrogens with one attached hydrogen (secondary N) is 1. The maximum Gasteiger partial charge on any atom is 0.152 e. The van der Waals surface area contributed by atoms with Crippen LogP contribution in [0.5, 0.6) is 0 Å². The molecule has 0 unspecified atom stereocenters. The molecule has 0 aliphatic rings. The fourth-order valence-electron chi connectivity index (χ4n) is 2.33. The first-order chi connectivity index (χ1) is 10.8. The van der Waals surface area contributed by atoms with Crippen LogP contribution in [0.3, 0.4) is 0 Å². The number of nitrogens with zero attached hydrogens (tertiary/aromatic N) is 4. The summed E-state index contributed by atoms with van der Waals surface area (Å²) in [4.78, 5) is 11.3. The number of benzene rings is 1. The average Bonchev–Trinajstić information content (AvgIpc) is 3.26. The van der Waals surface area contributed by atoms with Crippen molar-refractivity contribution in [2.45, 2.75) is 0 Å². The quantitative estimate of drug-likeness (QED) is 0.624. The van der Waals surface area contributed by atoms with E-state index in [4.69, 9.17) is 4.98 Å². The first-order valence-electron chi connectivity index (χ1n) is 6.83. The lowest BCUT2D eigenvalue weighted by Crippen LogP contribution is -2.10. The average molecular weight is 307 g/mol. The summed E-state index contributed by atoms with van der Waals surface area (Å²) in [6, 6.07) is 8.13. The second-order valence-electron chi connectivity index (χ2n) is 4.96. The van der Waals surface area contributed by atoms with E-state index in [9.17, 15) is 0 Å². The number of aromatic amines is 1. The predicted octanol–water partition coefficient (Wildman–Crippen LogP) is 3.85. The van der Waals surface area contributed by atoms with Crippen LogP contribution in [0.4, 0.5) is 11.5 Å². The highest BCUT2D eigenvalue weighted by Gasteiger charge is 2.08. The first-order valence-corrected chi connectivity index (χ1v) is 7.77. The van der Waals surface area contributed by atoms with Crippen molar-refractivity contribution in [2.75, 3.05) is 11.9 Å². The molecule has 0 aliphatic carbocycles. The Bertz CT molecular complexity index is 900. The van der Waals surface area contributed by atoms with Crippen molar-refractivity contribution in [3.63, 3.8) is 0 Å². The van der Waals surface area contributed by atoms with Gasteiger partial charge in [-0.05, 0) is 29.1 Å². The van der Waals surface area contributed by atoms with E-state index in [1.165, 1.54) is 0 Å². The molecule has 0 saturated carbocycles. The van der Waals surface area contributed by atoms with Crippen molar-refractivity contribution in [3.05, 3.63) is 53.6 Å². The van der Waals surface area contributed by atoms with Gasteiger partial charge in [-0.2, -0.15) is 16.4 Å². The molecule has 0 spiro atoms. The number of rotatable bonds is 3. The van der Waals surface area contributed by atoms with E-state index in [1.54, 1.807) is 23.7 Å². The van der Waals surface area contributed by atoms with Gasteiger partial charge in [-0.1, -0.05) is 6.07 Å². The number of thiophene rings is 1. The molecule has 0 aliphatic heterocycles. The highest BCUT2D eigenvalue weighted by Crippen LogP contribution is 2.26. The SMILES string of the molecule is CN(c1ccsc1)c1cnc2cc(-c3cn[nH]c3)ccc2n1. The molecule has 0 saturated heterocycles. The van der Waals surface area contributed by atoms with Crippen LogP contribution in [0.25, 0.3) is 22.2 Å². The number of aromatic nitrogens is 4. The number of hydrogen-bond acceptors (Lipinski definition) is 5. The molecule has 4 aromatic rings. The number of fused-ring (bicyclic) bond motifs is 1. The fraction of sp³-hybridized carbons (Fsp3) is 0.0625. The summed E-state index contributed by atoms with van der Waals surface area (Å²) in [7, 11) is 2.00. The normalized spacial score (nSPS) is 11.0. The van der Waals surface area contributed by atoms with Crippen LogP contribution in [0.15, 0.2) is 53.6 Å². The van der Waals surface area contributed by atoms with E-state index < -0.39 is 0 Å². The van der Waals surface area contributed by atoms with Gasteiger partial charge in [-0.3, -0.25) is 10.1 Å². The Morgan fingerprint density at radius 1 is 1.09 bits per heavy atom. The smallest absolute Gasteiger partial charge is 0.152 e. The third kappa shape index (κ3) is 2.23. The fourth-order valence-corrected chi connectivity index (χ4v) is 3.00. The summed E-state index contributed by atoms with van der Waals surface area (Å²) in [5.74, 6) is 0.835. The van der Waals surface area contributed by atoms with Gasteiger partial charge in [0.2, 0.25) is 0 Å². The van der Waals surface area contributed by atoms with E-state index in [1.807, 2.05) is 36.3 Å². The van der Waals surface area contributed by atoms with Crippen LogP contribution in [0, 0.1) is 0 Å². The van der Waals surface area contributed by atoms with Crippen molar-refractivity contribution in [3.8, 4) is 11.1 Å². The minimum Gasteiger partial charge on any atom is -0.327 e. The molecule has 0 bridgehead atoms. The van der Waals surface area contributed by atoms with Crippen LogP contribution in [0.2, 0.25) is 0 Å². The molecule has 3 heterocycles. The summed E-state index contributed by atoms with van der Waals surface area (Å²) in [6.45, 7) is 0. The molecular weight excluding hydrogens is 294 g/mol. The summed E-state index contributed by atoms with van der Waals surface area (Å²) in [5.41, 5.74) is 5.00. The predicted molar refractivity (Wildman–Crippen MR) is 89.5 cm³/mol. The standard InChI is InChI=1S/C16H13N5S/c1-21(13-4-5-22-10-13)16-9-17-15-6-11(2-3-14(15)20-16)12-7-18-19-8-12/h2-10H,1H3,(H,18,19). The molecule has 108 valence electrons. The molecule has 4 rings (SSSR count). The van der Waals surface area contributed by atoms with E-state index >= 15 is 0 Å². The van der Waals surface area contributed by atoms with Gasteiger partial charge in [0.05, 0.1) is 29.1 Å². The second-order valence-corrected chi connectivity index (χ2v) is 5.74. The zero-order valence-electron chi connectivity index (χ0n) is 11.9. The lowest BCUT2D eigenvalue weighted by atomic mass is 10.1. The van der Waals surface area contributed by atoms with Gasteiger partial charge >= 0.3 is 0 Å². The zero-order chi connectivity index (χ0) is 14.9. The number of H-pyrrole nitrogens is 1. The first kappa shape index (κ1) is 13.0. The molecule has 1 aromatic carbocycles. The maximum atomic E-state index is 4.70. The monoisotopic (exact) mass is 307 g/mol. The second kappa shape index (κ2) is 5.23. The maximum absolute atomic E-state index is 4.70. The molecule has 1 N–H and O–H groups in total. The van der Waals surface area contributed by atoms with Gasteiger partial charge in [0.25, 0.3) is 0 Å². The highest BCUT2D eigenvalue weighted by atomic mass is 32.1. The Kier molecular flexibility index (Phi) is 3.08. The molecule has 0 radical (unpaired) electrons. The summed E-state index contributed by atoms with van der Waals surface area (Å²) < 4.78 is 0. The van der Waals surface area contributed by atoms with Crippen LogP contribution in [0.1, 0.15) is 0 Å². The van der Waals surface area contributed by atoms with Crippen molar-refractivity contribution in [1.82, 2.24) is 20.2 Å².